The quantitative estimate of drug-likeness (QED) is 0.795. The number of rotatable bonds is 4. The minimum Gasteiger partial charge on any atom is -0.363 e. The molecule has 5 heteroatoms. The largest absolute Gasteiger partial charge is 0.363 e. The summed E-state index contributed by atoms with van der Waals surface area (Å²) < 4.78 is 0. The fourth-order valence-corrected chi connectivity index (χ4v) is 2.34. The van der Waals surface area contributed by atoms with Gasteiger partial charge in [-0.05, 0) is 32.5 Å². The van der Waals surface area contributed by atoms with E-state index in [-0.39, 0.29) is 6.04 Å². The molecule has 0 spiro atoms. The normalized spacial score (nSPS) is 12.2. The molecule has 2 N–H and O–H groups in total. The number of aromatic nitrogens is 1. The first kappa shape index (κ1) is 12.4. The van der Waals surface area contributed by atoms with Gasteiger partial charge in [-0.1, -0.05) is 6.92 Å². The van der Waals surface area contributed by atoms with Gasteiger partial charge in [-0.3, -0.25) is 0 Å². The average Bonchev–Trinajstić information content (AvgIpc) is 2.66. The van der Waals surface area contributed by atoms with Gasteiger partial charge in [0.25, 0.3) is 0 Å². The lowest BCUT2D eigenvalue weighted by atomic mass is 10.4. The van der Waals surface area contributed by atoms with Gasteiger partial charge in [0, 0.05) is 17.6 Å². The van der Waals surface area contributed by atoms with E-state index in [1.807, 2.05) is 13.1 Å². The standard InChI is InChI=1S/C10H17N3S2/c1-4-8-6-12-9(15-8)7(3)13-10(14)11-5-2/h6-7H,4-5H2,1-3H3,(H2,11,13,14). The monoisotopic (exact) mass is 243 g/mol. The van der Waals surface area contributed by atoms with Gasteiger partial charge >= 0.3 is 0 Å². The highest BCUT2D eigenvalue weighted by molar-refractivity contribution is 7.80. The van der Waals surface area contributed by atoms with Crippen molar-refractivity contribution in [3.63, 3.8) is 0 Å². The topological polar surface area (TPSA) is 37.0 Å². The summed E-state index contributed by atoms with van der Waals surface area (Å²) in [5.41, 5.74) is 0. The van der Waals surface area contributed by atoms with Crippen LogP contribution >= 0.6 is 23.6 Å². The maximum atomic E-state index is 5.12. The second-order valence-corrected chi connectivity index (χ2v) is 4.80. The fraction of sp³-hybridized carbons (Fsp3) is 0.600. The summed E-state index contributed by atoms with van der Waals surface area (Å²) in [6.45, 7) is 7.08. The van der Waals surface area contributed by atoms with Crippen molar-refractivity contribution in [1.29, 1.82) is 0 Å². The van der Waals surface area contributed by atoms with Crippen molar-refractivity contribution in [1.82, 2.24) is 15.6 Å². The zero-order valence-electron chi connectivity index (χ0n) is 9.33. The first-order valence-corrected chi connectivity index (χ1v) is 6.38. The van der Waals surface area contributed by atoms with Gasteiger partial charge in [0.1, 0.15) is 5.01 Å². The molecule has 15 heavy (non-hydrogen) atoms. The predicted octanol–water partition coefficient (Wildman–Crippen LogP) is 2.25. The van der Waals surface area contributed by atoms with Crippen LogP contribution in [0.1, 0.15) is 36.7 Å². The molecule has 0 fully saturated rings. The molecule has 1 aromatic rings. The molecule has 0 saturated heterocycles. The van der Waals surface area contributed by atoms with Gasteiger partial charge in [-0.25, -0.2) is 4.98 Å². The van der Waals surface area contributed by atoms with Crippen LogP contribution in [0.25, 0.3) is 0 Å². The summed E-state index contributed by atoms with van der Waals surface area (Å²) in [5.74, 6) is 0. The Morgan fingerprint density at radius 1 is 1.60 bits per heavy atom. The third-order valence-corrected chi connectivity index (χ3v) is 3.56. The van der Waals surface area contributed by atoms with Crippen LogP contribution in [0.3, 0.4) is 0 Å². The lowest BCUT2D eigenvalue weighted by Crippen LogP contribution is -2.36. The van der Waals surface area contributed by atoms with Gasteiger partial charge in [-0.2, -0.15) is 0 Å². The highest BCUT2D eigenvalue weighted by Crippen LogP contribution is 2.19. The van der Waals surface area contributed by atoms with E-state index in [1.165, 1.54) is 4.88 Å². The molecule has 0 bridgehead atoms. The van der Waals surface area contributed by atoms with Gasteiger partial charge in [0.05, 0.1) is 6.04 Å². The molecule has 1 atom stereocenters. The van der Waals surface area contributed by atoms with E-state index in [9.17, 15) is 0 Å². The minimum atomic E-state index is 0.182. The molecule has 0 amide bonds. The number of nitrogens with zero attached hydrogens (tertiary/aromatic N) is 1. The molecule has 0 aliphatic carbocycles. The zero-order valence-corrected chi connectivity index (χ0v) is 11.0. The van der Waals surface area contributed by atoms with E-state index < -0.39 is 0 Å². The van der Waals surface area contributed by atoms with E-state index in [2.05, 4.69) is 29.5 Å². The molecule has 84 valence electrons. The third-order valence-electron chi connectivity index (χ3n) is 1.98. The number of hydrogen-bond acceptors (Lipinski definition) is 3. The Morgan fingerprint density at radius 3 is 2.87 bits per heavy atom. The van der Waals surface area contributed by atoms with Crippen LogP contribution in [-0.4, -0.2) is 16.6 Å². The third kappa shape index (κ3) is 3.76. The molecule has 0 aliphatic heterocycles. The molecular weight excluding hydrogens is 226 g/mol. The summed E-state index contributed by atoms with van der Waals surface area (Å²) in [5, 5.41) is 8.05. The van der Waals surface area contributed by atoms with Crippen molar-refractivity contribution in [2.75, 3.05) is 6.54 Å². The molecular formula is C10H17N3S2. The molecule has 1 rings (SSSR count). The number of nitrogens with one attached hydrogen (secondary N) is 2. The minimum absolute atomic E-state index is 0.182. The Labute approximate surface area is 100 Å². The smallest absolute Gasteiger partial charge is 0.166 e. The van der Waals surface area contributed by atoms with E-state index in [0.29, 0.717) is 5.11 Å². The highest BCUT2D eigenvalue weighted by Gasteiger charge is 2.10. The maximum absolute atomic E-state index is 5.12. The maximum Gasteiger partial charge on any atom is 0.166 e. The first-order valence-electron chi connectivity index (χ1n) is 5.16. The van der Waals surface area contributed by atoms with Crippen molar-refractivity contribution in [2.24, 2.45) is 0 Å². The van der Waals surface area contributed by atoms with Gasteiger partial charge in [0.15, 0.2) is 5.11 Å². The number of hydrogen-bond donors (Lipinski definition) is 2. The van der Waals surface area contributed by atoms with Crippen LogP contribution in [0.5, 0.6) is 0 Å². The Kier molecular flexibility index (Phi) is 4.98. The Morgan fingerprint density at radius 2 is 2.33 bits per heavy atom. The van der Waals surface area contributed by atoms with E-state index in [4.69, 9.17) is 12.2 Å². The Hall–Kier alpha value is -0.680. The second kappa shape index (κ2) is 6.02. The average molecular weight is 243 g/mol. The molecule has 1 aromatic heterocycles. The summed E-state index contributed by atoms with van der Waals surface area (Å²) in [6, 6.07) is 0.182. The molecule has 0 radical (unpaired) electrons. The van der Waals surface area contributed by atoms with Gasteiger partial charge in [0.2, 0.25) is 0 Å². The summed E-state index contributed by atoms with van der Waals surface area (Å²) in [4.78, 5) is 5.68. The van der Waals surface area contributed by atoms with Gasteiger partial charge in [-0.15, -0.1) is 11.3 Å². The number of thiocarbonyl (C=S) groups is 1. The van der Waals surface area contributed by atoms with E-state index in [0.717, 1.165) is 18.0 Å². The van der Waals surface area contributed by atoms with Crippen LogP contribution < -0.4 is 10.6 Å². The Balaban J connectivity index is 2.52. The van der Waals surface area contributed by atoms with E-state index in [1.54, 1.807) is 11.3 Å². The first-order chi connectivity index (χ1) is 7.17. The number of aryl methyl sites for hydroxylation is 1. The molecule has 0 aromatic carbocycles. The van der Waals surface area contributed by atoms with E-state index >= 15 is 0 Å². The van der Waals surface area contributed by atoms with Crippen molar-refractivity contribution in [2.45, 2.75) is 33.2 Å². The second-order valence-electron chi connectivity index (χ2n) is 3.24. The molecule has 0 aliphatic rings. The molecule has 0 saturated carbocycles. The lowest BCUT2D eigenvalue weighted by Gasteiger charge is -2.13. The van der Waals surface area contributed by atoms with Crippen LogP contribution in [0.2, 0.25) is 0 Å². The molecule has 1 heterocycles. The lowest BCUT2D eigenvalue weighted by molar-refractivity contribution is 0.696. The summed E-state index contributed by atoms with van der Waals surface area (Å²) >= 11 is 6.86. The molecule has 3 nitrogen and oxygen atoms in total. The fourth-order valence-electron chi connectivity index (χ4n) is 1.16. The van der Waals surface area contributed by atoms with Crippen molar-refractivity contribution >= 4 is 28.7 Å². The van der Waals surface area contributed by atoms with Crippen LogP contribution in [-0.2, 0) is 6.42 Å². The van der Waals surface area contributed by atoms with Crippen molar-refractivity contribution < 1.29 is 0 Å². The van der Waals surface area contributed by atoms with Crippen molar-refractivity contribution in [3.8, 4) is 0 Å². The molecule has 1 unspecified atom stereocenters. The van der Waals surface area contributed by atoms with Gasteiger partial charge < -0.3 is 10.6 Å². The SMILES string of the molecule is CCNC(=S)NC(C)c1ncc(CC)s1. The Bertz CT molecular complexity index is 322. The van der Waals surface area contributed by atoms with Crippen LogP contribution in [0.15, 0.2) is 6.20 Å². The highest BCUT2D eigenvalue weighted by atomic mass is 32.1. The van der Waals surface area contributed by atoms with Crippen LogP contribution in [0, 0.1) is 0 Å². The van der Waals surface area contributed by atoms with Crippen molar-refractivity contribution in [3.05, 3.63) is 16.1 Å². The zero-order chi connectivity index (χ0) is 11.3. The van der Waals surface area contributed by atoms with Crippen LogP contribution in [0.4, 0.5) is 0 Å². The number of thiazole rings is 1. The summed E-state index contributed by atoms with van der Waals surface area (Å²) in [6.07, 6.45) is 2.98. The summed E-state index contributed by atoms with van der Waals surface area (Å²) in [7, 11) is 0. The predicted molar refractivity (Wildman–Crippen MR) is 69.3 cm³/mol.